The lowest BCUT2D eigenvalue weighted by Crippen LogP contribution is -2.29. The van der Waals surface area contributed by atoms with Crippen LogP contribution in [0.4, 0.5) is 0 Å². The number of rotatable bonds is 3. The van der Waals surface area contributed by atoms with Gasteiger partial charge in [0.05, 0.1) is 0 Å². The first-order valence-electron chi connectivity index (χ1n) is 5.87. The molecule has 0 atom stereocenters. The summed E-state index contributed by atoms with van der Waals surface area (Å²) < 4.78 is 24.2. The first-order chi connectivity index (χ1) is 8.43. The van der Waals surface area contributed by atoms with Crippen LogP contribution in [0.1, 0.15) is 30.3 Å². The van der Waals surface area contributed by atoms with Crippen LogP contribution in [-0.2, 0) is 15.6 Å². The lowest BCUT2D eigenvalue weighted by atomic mass is 10.3. The SMILES string of the molecule is CCn1cc(S(=O)(=O)Cl)cc1C(=O)N1CCCC1. The molecule has 1 aromatic rings. The molecule has 0 aromatic carbocycles. The highest BCUT2D eigenvalue weighted by Gasteiger charge is 2.24. The Morgan fingerprint density at radius 1 is 1.39 bits per heavy atom. The van der Waals surface area contributed by atoms with Crippen molar-refractivity contribution in [2.75, 3.05) is 13.1 Å². The average Bonchev–Trinajstić information content (AvgIpc) is 2.96. The van der Waals surface area contributed by atoms with Gasteiger partial charge in [0.1, 0.15) is 10.6 Å². The minimum absolute atomic E-state index is 0.0198. The van der Waals surface area contributed by atoms with E-state index in [1.165, 1.54) is 12.3 Å². The molecule has 0 spiro atoms. The van der Waals surface area contributed by atoms with E-state index in [4.69, 9.17) is 10.7 Å². The molecule has 0 radical (unpaired) electrons. The van der Waals surface area contributed by atoms with E-state index < -0.39 is 9.05 Å². The van der Waals surface area contributed by atoms with Crippen molar-refractivity contribution in [1.29, 1.82) is 0 Å². The molecule has 1 amide bonds. The first kappa shape index (κ1) is 13.4. The fourth-order valence-corrected chi connectivity index (χ4v) is 2.90. The summed E-state index contributed by atoms with van der Waals surface area (Å²) in [7, 11) is 1.51. The van der Waals surface area contributed by atoms with Crippen molar-refractivity contribution in [3.8, 4) is 0 Å². The van der Waals surface area contributed by atoms with Gasteiger partial charge in [-0.25, -0.2) is 8.42 Å². The fourth-order valence-electron chi connectivity index (χ4n) is 2.14. The van der Waals surface area contributed by atoms with E-state index in [-0.39, 0.29) is 10.8 Å². The Labute approximate surface area is 111 Å². The smallest absolute Gasteiger partial charge is 0.270 e. The van der Waals surface area contributed by atoms with Gasteiger partial charge in [-0.15, -0.1) is 0 Å². The van der Waals surface area contributed by atoms with Crippen LogP contribution in [0.25, 0.3) is 0 Å². The number of aryl methyl sites for hydroxylation is 1. The Kier molecular flexibility index (Phi) is 3.68. The monoisotopic (exact) mass is 290 g/mol. The summed E-state index contributed by atoms with van der Waals surface area (Å²) in [6.45, 7) is 3.85. The van der Waals surface area contributed by atoms with Crippen LogP contribution in [0.3, 0.4) is 0 Å². The molecule has 2 rings (SSSR count). The fraction of sp³-hybridized carbons (Fsp3) is 0.545. The van der Waals surface area contributed by atoms with Crippen LogP contribution in [0.15, 0.2) is 17.2 Å². The highest BCUT2D eigenvalue weighted by Crippen LogP contribution is 2.21. The van der Waals surface area contributed by atoms with Gasteiger partial charge in [-0.1, -0.05) is 0 Å². The Hall–Kier alpha value is -1.01. The van der Waals surface area contributed by atoms with Crippen molar-refractivity contribution < 1.29 is 13.2 Å². The Morgan fingerprint density at radius 3 is 2.50 bits per heavy atom. The molecule has 0 unspecified atom stereocenters. The van der Waals surface area contributed by atoms with Crippen molar-refractivity contribution in [1.82, 2.24) is 9.47 Å². The van der Waals surface area contributed by atoms with Gasteiger partial charge in [-0.05, 0) is 25.8 Å². The van der Waals surface area contributed by atoms with Crippen molar-refractivity contribution >= 4 is 25.6 Å². The zero-order valence-electron chi connectivity index (χ0n) is 10.1. The summed E-state index contributed by atoms with van der Waals surface area (Å²) in [6.07, 6.45) is 3.41. The van der Waals surface area contributed by atoms with Crippen LogP contribution in [0.5, 0.6) is 0 Å². The summed E-state index contributed by atoms with van der Waals surface area (Å²) in [5.41, 5.74) is 0.388. The van der Waals surface area contributed by atoms with E-state index in [9.17, 15) is 13.2 Å². The van der Waals surface area contributed by atoms with E-state index in [0.29, 0.717) is 12.2 Å². The summed E-state index contributed by atoms with van der Waals surface area (Å²) >= 11 is 0. The largest absolute Gasteiger partial charge is 0.342 e. The van der Waals surface area contributed by atoms with Gasteiger partial charge in [0.15, 0.2) is 0 Å². The van der Waals surface area contributed by atoms with Gasteiger partial charge in [-0.3, -0.25) is 4.79 Å². The number of carbonyl (C=O) groups is 1. The van der Waals surface area contributed by atoms with Crippen LogP contribution in [-0.4, -0.2) is 36.9 Å². The Bertz CT molecular complexity index is 559. The third-order valence-electron chi connectivity index (χ3n) is 3.11. The van der Waals surface area contributed by atoms with E-state index in [1.54, 1.807) is 9.47 Å². The molecule has 2 heterocycles. The molecule has 0 aliphatic carbocycles. The maximum atomic E-state index is 12.2. The third-order valence-corrected chi connectivity index (χ3v) is 4.43. The van der Waals surface area contributed by atoms with Gasteiger partial charge in [-0.2, -0.15) is 0 Å². The van der Waals surface area contributed by atoms with Crippen LogP contribution >= 0.6 is 10.7 Å². The Morgan fingerprint density at radius 2 is 2.00 bits per heavy atom. The zero-order chi connectivity index (χ0) is 13.3. The van der Waals surface area contributed by atoms with E-state index >= 15 is 0 Å². The molecule has 0 saturated carbocycles. The second kappa shape index (κ2) is 4.93. The topological polar surface area (TPSA) is 59.4 Å². The molecule has 7 heteroatoms. The van der Waals surface area contributed by atoms with Gasteiger partial charge in [0.2, 0.25) is 0 Å². The average molecular weight is 291 g/mol. The van der Waals surface area contributed by atoms with E-state index in [1.807, 2.05) is 6.92 Å². The van der Waals surface area contributed by atoms with Crippen molar-refractivity contribution in [3.63, 3.8) is 0 Å². The molecule has 1 aliphatic heterocycles. The van der Waals surface area contributed by atoms with Gasteiger partial charge in [0.25, 0.3) is 15.0 Å². The molecule has 1 saturated heterocycles. The predicted octanol–water partition coefficient (Wildman–Crippen LogP) is 1.67. The molecule has 5 nitrogen and oxygen atoms in total. The number of hydrogen-bond donors (Lipinski definition) is 0. The van der Waals surface area contributed by atoms with E-state index in [2.05, 4.69) is 0 Å². The highest BCUT2D eigenvalue weighted by atomic mass is 35.7. The Balaban J connectivity index is 2.37. The van der Waals surface area contributed by atoms with Crippen LogP contribution in [0, 0.1) is 0 Å². The van der Waals surface area contributed by atoms with Crippen molar-refractivity contribution in [3.05, 3.63) is 18.0 Å². The highest BCUT2D eigenvalue weighted by molar-refractivity contribution is 8.13. The normalized spacial score (nSPS) is 16.2. The minimum atomic E-state index is -3.79. The number of halogens is 1. The second-order valence-electron chi connectivity index (χ2n) is 4.28. The third kappa shape index (κ3) is 2.54. The number of aromatic nitrogens is 1. The second-order valence-corrected chi connectivity index (χ2v) is 6.85. The minimum Gasteiger partial charge on any atom is -0.342 e. The van der Waals surface area contributed by atoms with Gasteiger partial charge < -0.3 is 9.47 Å². The quantitative estimate of drug-likeness (QED) is 0.796. The number of carbonyl (C=O) groups excluding carboxylic acids is 1. The molecule has 1 fully saturated rings. The van der Waals surface area contributed by atoms with Crippen molar-refractivity contribution in [2.24, 2.45) is 0 Å². The standard InChI is InChI=1S/C11H15ClN2O3S/c1-2-13-8-9(18(12,16)17)7-10(13)11(15)14-5-3-4-6-14/h7-8H,2-6H2,1H3. The summed E-state index contributed by atoms with van der Waals surface area (Å²) in [5, 5.41) is 0. The number of nitrogens with zero attached hydrogens (tertiary/aromatic N) is 2. The maximum Gasteiger partial charge on any atom is 0.270 e. The van der Waals surface area contributed by atoms with Crippen molar-refractivity contribution in [2.45, 2.75) is 31.2 Å². The molecule has 1 aromatic heterocycles. The molecular formula is C11H15ClN2O3S. The van der Waals surface area contributed by atoms with Crippen LogP contribution in [0.2, 0.25) is 0 Å². The summed E-state index contributed by atoms with van der Waals surface area (Å²) in [6, 6.07) is 1.35. The van der Waals surface area contributed by atoms with Gasteiger partial charge >= 0.3 is 0 Å². The lowest BCUT2D eigenvalue weighted by molar-refractivity contribution is 0.0782. The summed E-state index contributed by atoms with van der Waals surface area (Å²) in [4.78, 5) is 14.0. The lowest BCUT2D eigenvalue weighted by Gasteiger charge is -2.16. The number of hydrogen-bond acceptors (Lipinski definition) is 3. The molecule has 1 aliphatic rings. The predicted molar refractivity (Wildman–Crippen MR) is 68.3 cm³/mol. The number of likely N-dealkylation sites (tertiary alicyclic amines) is 1. The zero-order valence-corrected chi connectivity index (χ0v) is 11.7. The van der Waals surface area contributed by atoms with E-state index in [0.717, 1.165) is 25.9 Å². The number of amides is 1. The molecule has 18 heavy (non-hydrogen) atoms. The maximum absolute atomic E-state index is 12.2. The summed E-state index contributed by atoms with van der Waals surface area (Å²) in [5.74, 6) is -0.124. The van der Waals surface area contributed by atoms with Crippen LogP contribution < -0.4 is 0 Å². The van der Waals surface area contributed by atoms with Gasteiger partial charge in [0, 0.05) is 36.5 Å². The first-order valence-corrected chi connectivity index (χ1v) is 8.18. The molecule has 0 bridgehead atoms. The molecule has 0 N–H and O–H groups in total. The molecular weight excluding hydrogens is 276 g/mol. The molecule has 100 valence electrons.